The molecule has 1 N–H and O–H groups in total. The Labute approximate surface area is 142 Å². The summed E-state index contributed by atoms with van der Waals surface area (Å²) < 4.78 is 0. The second kappa shape index (κ2) is 7.47. The van der Waals surface area contributed by atoms with Crippen molar-refractivity contribution in [1.29, 1.82) is 0 Å². The molecule has 1 aromatic rings. The van der Waals surface area contributed by atoms with E-state index in [1.165, 1.54) is 23.3 Å². The van der Waals surface area contributed by atoms with Crippen molar-refractivity contribution in [2.24, 2.45) is 5.92 Å². The third kappa shape index (κ3) is 3.60. The van der Waals surface area contributed by atoms with Crippen LogP contribution in [0.5, 0.6) is 0 Å². The minimum absolute atomic E-state index is 0.0713. The van der Waals surface area contributed by atoms with Crippen LogP contribution in [0.4, 0.5) is 0 Å². The van der Waals surface area contributed by atoms with Gasteiger partial charge in [-0.3, -0.25) is 9.59 Å². The predicted molar refractivity (Wildman–Crippen MR) is 92.9 cm³/mol. The van der Waals surface area contributed by atoms with E-state index in [0.717, 1.165) is 44.2 Å². The van der Waals surface area contributed by atoms with Crippen molar-refractivity contribution in [2.45, 2.75) is 51.9 Å². The molecule has 1 aliphatic heterocycles. The molecule has 0 saturated carbocycles. The van der Waals surface area contributed by atoms with Gasteiger partial charge in [-0.1, -0.05) is 6.92 Å². The Bertz CT molecular complexity index is 574. The van der Waals surface area contributed by atoms with Crippen LogP contribution in [0, 0.1) is 5.92 Å². The SMILES string of the molecule is CCCNC(=O)C1CCN(C(=O)c2csc3c2CCCC3)CC1. The highest BCUT2D eigenvalue weighted by Gasteiger charge is 2.29. The molecule has 0 bridgehead atoms. The van der Waals surface area contributed by atoms with Crippen LogP contribution < -0.4 is 5.32 Å². The highest BCUT2D eigenvalue weighted by molar-refractivity contribution is 7.10. The molecule has 3 rings (SSSR count). The van der Waals surface area contributed by atoms with E-state index in [4.69, 9.17) is 0 Å². The van der Waals surface area contributed by atoms with Crippen molar-refractivity contribution < 1.29 is 9.59 Å². The molecule has 126 valence electrons. The van der Waals surface area contributed by atoms with Crippen molar-refractivity contribution in [1.82, 2.24) is 10.2 Å². The Morgan fingerprint density at radius 1 is 1.26 bits per heavy atom. The first-order chi connectivity index (χ1) is 11.2. The van der Waals surface area contributed by atoms with Gasteiger partial charge in [0.2, 0.25) is 5.91 Å². The summed E-state index contributed by atoms with van der Waals surface area (Å²) in [6, 6.07) is 0. The lowest BCUT2D eigenvalue weighted by Crippen LogP contribution is -2.43. The van der Waals surface area contributed by atoms with Crippen LogP contribution in [0.15, 0.2) is 5.38 Å². The van der Waals surface area contributed by atoms with Crippen LogP contribution in [0.1, 0.15) is 59.8 Å². The highest BCUT2D eigenvalue weighted by Crippen LogP contribution is 2.31. The van der Waals surface area contributed by atoms with Gasteiger partial charge in [-0.2, -0.15) is 0 Å². The number of thiophene rings is 1. The van der Waals surface area contributed by atoms with Crippen LogP contribution in [-0.2, 0) is 17.6 Å². The minimum Gasteiger partial charge on any atom is -0.356 e. The largest absolute Gasteiger partial charge is 0.356 e. The number of hydrogen-bond donors (Lipinski definition) is 1. The predicted octanol–water partition coefficient (Wildman–Crippen LogP) is 3.01. The summed E-state index contributed by atoms with van der Waals surface area (Å²) in [7, 11) is 0. The molecule has 0 unspecified atom stereocenters. The van der Waals surface area contributed by atoms with Crippen molar-refractivity contribution in [3.05, 3.63) is 21.4 Å². The highest BCUT2D eigenvalue weighted by atomic mass is 32.1. The van der Waals surface area contributed by atoms with Gasteiger partial charge in [0.05, 0.1) is 5.56 Å². The quantitative estimate of drug-likeness (QED) is 0.920. The molecule has 2 aliphatic rings. The van der Waals surface area contributed by atoms with E-state index in [1.807, 2.05) is 4.90 Å². The molecular formula is C18H26N2O2S. The number of likely N-dealkylation sites (tertiary alicyclic amines) is 1. The molecule has 2 amide bonds. The van der Waals surface area contributed by atoms with E-state index in [2.05, 4.69) is 17.6 Å². The van der Waals surface area contributed by atoms with Gasteiger partial charge in [0.1, 0.15) is 0 Å². The maximum Gasteiger partial charge on any atom is 0.254 e. The van der Waals surface area contributed by atoms with Crippen LogP contribution in [-0.4, -0.2) is 36.3 Å². The van der Waals surface area contributed by atoms with Crippen molar-refractivity contribution in [2.75, 3.05) is 19.6 Å². The molecule has 4 nitrogen and oxygen atoms in total. The van der Waals surface area contributed by atoms with Gasteiger partial charge in [-0.25, -0.2) is 0 Å². The molecule has 1 aliphatic carbocycles. The average Bonchev–Trinajstić information content (AvgIpc) is 3.03. The van der Waals surface area contributed by atoms with Gasteiger partial charge < -0.3 is 10.2 Å². The van der Waals surface area contributed by atoms with E-state index >= 15 is 0 Å². The number of nitrogens with zero attached hydrogens (tertiary/aromatic N) is 1. The lowest BCUT2D eigenvalue weighted by atomic mass is 9.93. The van der Waals surface area contributed by atoms with E-state index in [0.29, 0.717) is 13.1 Å². The van der Waals surface area contributed by atoms with Crippen LogP contribution in [0.3, 0.4) is 0 Å². The lowest BCUT2D eigenvalue weighted by Gasteiger charge is -2.31. The van der Waals surface area contributed by atoms with Crippen LogP contribution >= 0.6 is 11.3 Å². The van der Waals surface area contributed by atoms with E-state index in [9.17, 15) is 9.59 Å². The van der Waals surface area contributed by atoms with Crippen LogP contribution in [0.2, 0.25) is 0 Å². The standard InChI is InChI=1S/C18H26N2O2S/c1-2-9-19-17(21)13-7-10-20(11-8-13)18(22)15-12-23-16-6-4-3-5-14(15)16/h12-13H,2-11H2,1H3,(H,19,21). The Hall–Kier alpha value is -1.36. The maximum atomic E-state index is 12.8. The zero-order chi connectivity index (χ0) is 16.2. The zero-order valence-corrected chi connectivity index (χ0v) is 14.7. The number of fused-ring (bicyclic) bond motifs is 1. The van der Waals surface area contributed by atoms with Gasteiger partial charge in [0.15, 0.2) is 0 Å². The third-order valence-corrected chi connectivity index (χ3v) is 6.08. The number of carbonyl (C=O) groups is 2. The first-order valence-electron chi connectivity index (χ1n) is 8.87. The van der Waals surface area contributed by atoms with Gasteiger partial charge in [-0.15, -0.1) is 11.3 Å². The molecule has 1 aromatic heterocycles. The summed E-state index contributed by atoms with van der Waals surface area (Å²) in [5.41, 5.74) is 2.23. The van der Waals surface area contributed by atoms with Crippen molar-refractivity contribution in [3.63, 3.8) is 0 Å². The smallest absolute Gasteiger partial charge is 0.254 e. The summed E-state index contributed by atoms with van der Waals surface area (Å²) in [5.74, 6) is 0.408. The summed E-state index contributed by atoms with van der Waals surface area (Å²) in [5, 5.41) is 5.03. The molecule has 1 fully saturated rings. The Morgan fingerprint density at radius 3 is 2.74 bits per heavy atom. The Morgan fingerprint density at radius 2 is 2.00 bits per heavy atom. The molecule has 5 heteroatoms. The van der Waals surface area contributed by atoms with E-state index in [1.54, 1.807) is 11.3 Å². The number of amides is 2. The van der Waals surface area contributed by atoms with Crippen LogP contribution in [0.25, 0.3) is 0 Å². The van der Waals surface area contributed by atoms with Gasteiger partial charge in [0, 0.05) is 35.8 Å². The molecular weight excluding hydrogens is 308 g/mol. The lowest BCUT2D eigenvalue weighted by molar-refractivity contribution is -0.126. The van der Waals surface area contributed by atoms with Crippen molar-refractivity contribution in [3.8, 4) is 0 Å². The van der Waals surface area contributed by atoms with Gasteiger partial charge >= 0.3 is 0 Å². The summed E-state index contributed by atoms with van der Waals surface area (Å²) in [6.07, 6.45) is 7.17. The number of piperidine rings is 1. The molecule has 23 heavy (non-hydrogen) atoms. The summed E-state index contributed by atoms with van der Waals surface area (Å²) in [4.78, 5) is 28.2. The fourth-order valence-electron chi connectivity index (χ4n) is 3.58. The topological polar surface area (TPSA) is 49.4 Å². The van der Waals surface area contributed by atoms with Gasteiger partial charge in [-0.05, 0) is 50.5 Å². The number of aryl methyl sites for hydroxylation is 1. The Balaban J connectivity index is 1.58. The van der Waals surface area contributed by atoms with Crippen molar-refractivity contribution >= 4 is 23.2 Å². The Kier molecular flexibility index (Phi) is 5.36. The molecule has 1 saturated heterocycles. The zero-order valence-electron chi connectivity index (χ0n) is 13.9. The van der Waals surface area contributed by atoms with E-state index in [-0.39, 0.29) is 17.7 Å². The summed E-state index contributed by atoms with van der Waals surface area (Å²) >= 11 is 1.75. The molecule has 0 atom stereocenters. The second-order valence-corrected chi connectivity index (χ2v) is 7.58. The normalized spacial score (nSPS) is 18.6. The maximum absolute atomic E-state index is 12.8. The minimum atomic E-state index is 0.0713. The number of rotatable bonds is 4. The monoisotopic (exact) mass is 334 g/mol. The van der Waals surface area contributed by atoms with E-state index < -0.39 is 0 Å². The first-order valence-corrected chi connectivity index (χ1v) is 9.75. The molecule has 0 radical (unpaired) electrons. The fraction of sp³-hybridized carbons (Fsp3) is 0.667. The first kappa shape index (κ1) is 16.5. The molecule has 0 aromatic carbocycles. The fourth-order valence-corrected chi connectivity index (χ4v) is 4.70. The average molecular weight is 334 g/mol. The number of nitrogens with one attached hydrogen (secondary N) is 1. The summed E-state index contributed by atoms with van der Waals surface area (Å²) in [6.45, 7) is 4.21. The van der Waals surface area contributed by atoms with Gasteiger partial charge in [0.25, 0.3) is 5.91 Å². The number of hydrogen-bond acceptors (Lipinski definition) is 3. The molecule has 0 spiro atoms. The third-order valence-electron chi connectivity index (χ3n) is 4.99. The second-order valence-electron chi connectivity index (χ2n) is 6.62. The number of carbonyl (C=O) groups excluding carboxylic acids is 2. The molecule has 2 heterocycles.